The van der Waals surface area contributed by atoms with Gasteiger partial charge in [0.05, 0.1) is 26.4 Å². The molecule has 0 aliphatic carbocycles. The van der Waals surface area contributed by atoms with E-state index in [4.69, 9.17) is 9.47 Å². The zero-order chi connectivity index (χ0) is 21.6. The van der Waals surface area contributed by atoms with Gasteiger partial charge in [-0.05, 0) is 30.7 Å². The van der Waals surface area contributed by atoms with Crippen LogP contribution < -0.4 is 10.1 Å². The van der Waals surface area contributed by atoms with Crippen LogP contribution in [0.15, 0.2) is 34.5 Å². The zero-order valence-electron chi connectivity index (χ0n) is 16.1. The number of halogens is 2. The second-order valence-corrected chi connectivity index (χ2v) is 9.87. The monoisotopic (exact) mass is 460 g/mol. The lowest BCUT2D eigenvalue weighted by molar-refractivity contribution is -0.121. The predicted molar refractivity (Wildman–Crippen MR) is 107 cm³/mol. The summed E-state index contributed by atoms with van der Waals surface area (Å²) in [5, 5.41) is 2.72. The maximum atomic E-state index is 13.5. The Morgan fingerprint density at radius 2 is 1.97 bits per heavy atom. The van der Waals surface area contributed by atoms with Crippen molar-refractivity contribution < 1.29 is 31.5 Å². The van der Waals surface area contributed by atoms with E-state index in [2.05, 4.69) is 5.32 Å². The van der Waals surface area contributed by atoms with Gasteiger partial charge in [0.2, 0.25) is 5.91 Å². The van der Waals surface area contributed by atoms with Crippen molar-refractivity contribution in [2.45, 2.75) is 23.6 Å². The molecule has 1 aromatic carbocycles. The van der Waals surface area contributed by atoms with Crippen molar-refractivity contribution in [2.75, 3.05) is 32.9 Å². The van der Waals surface area contributed by atoms with E-state index in [0.29, 0.717) is 32.7 Å². The van der Waals surface area contributed by atoms with Crippen LogP contribution in [0.4, 0.5) is 8.78 Å². The summed E-state index contributed by atoms with van der Waals surface area (Å²) in [5.41, 5.74) is 0. The minimum Gasteiger partial charge on any atom is -0.491 e. The van der Waals surface area contributed by atoms with Gasteiger partial charge in [0.15, 0.2) is 11.6 Å². The molecule has 11 heteroatoms. The predicted octanol–water partition coefficient (Wildman–Crippen LogP) is 2.52. The third kappa shape index (κ3) is 5.97. The summed E-state index contributed by atoms with van der Waals surface area (Å²) in [6.45, 7) is 1.74. The Labute approximate surface area is 177 Å². The van der Waals surface area contributed by atoms with E-state index in [9.17, 15) is 22.0 Å². The van der Waals surface area contributed by atoms with Crippen molar-refractivity contribution in [2.24, 2.45) is 0 Å². The number of rotatable bonds is 9. The molecule has 1 saturated heterocycles. The van der Waals surface area contributed by atoms with E-state index in [1.54, 1.807) is 12.1 Å². The Kier molecular flexibility index (Phi) is 7.75. The van der Waals surface area contributed by atoms with Gasteiger partial charge in [0.25, 0.3) is 10.0 Å². The molecular weight excluding hydrogens is 438 g/mol. The second kappa shape index (κ2) is 10.3. The van der Waals surface area contributed by atoms with E-state index < -0.39 is 21.7 Å². The van der Waals surface area contributed by atoms with Crippen molar-refractivity contribution in [3.05, 3.63) is 46.8 Å². The molecular formula is C19H22F2N2O5S2. The quantitative estimate of drug-likeness (QED) is 0.582. The average Bonchev–Trinajstić information content (AvgIpc) is 3.21. The fourth-order valence-corrected chi connectivity index (χ4v) is 5.65. The van der Waals surface area contributed by atoms with Crippen molar-refractivity contribution >= 4 is 27.3 Å². The highest BCUT2D eigenvalue weighted by Crippen LogP contribution is 2.25. The number of hydrogen-bond donors (Lipinski definition) is 1. The Morgan fingerprint density at radius 1 is 1.20 bits per heavy atom. The highest BCUT2D eigenvalue weighted by Gasteiger charge is 2.27. The molecule has 2 heterocycles. The number of hydrogen-bond acceptors (Lipinski definition) is 6. The molecule has 2 aromatic rings. The largest absolute Gasteiger partial charge is 0.491 e. The summed E-state index contributed by atoms with van der Waals surface area (Å²) < 4.78 is 63.5. The number of sulfonamides is 1. The van der Waals surface area contributed by atoms with Crippen LogP contribution in [0.5, 0.6) is 5.75 Å². The first-order valence-electron chi connectivity index (χ1n) is 9.37. The summed E-state index contributed by atoms with van der Waals surface area (Å²) in [6, 6.07) is 6.25. The summed E-state index contributed by atoms with van der Waals surface area (Å²) in [4.78, 5) is 12.7. The fourth-order valence-electron chi connectivity index (χ4n) is 2.79. The summed E-state index contributed by atoms with van der Waals surface area (Å²) in [7, 11) is -3.54. The highest BCUT2D eigenvalue weighted by molar-refractivity contribution is 7.91. The maximum Gasteiger partial charge on any atom is 0.252 e. The Hall–Kier alpha value is -2.08. The standard InChI is InChI=1S/C19H22F2N2O5S2/c20-14-3-5-17(16(21)12-14)28-9-1-2-18(24)22-13-15-4-6-19(29-15)30(25,26)23-7-10-27-11-8-23/h3-6,12H,1-2,7-11,13H2,(H,22,24). The lowest BCUT2D eigenvalue weighted by Crippen LogP contribution is -2.40. The topological polar surface area (TPSA) is 84.9 Å². The number of benzene rings is 1. The Morgan fingerprint density at radius 3 is 2.70 bits per heavy atom. The van der Waals surface area contributed by atoms with Crippen LogP contribution in [0.25, 0.3) is 0 Å². The number of carbonyl (C=O) groups is 1. The van der Waals surface area contributed by atoms with Gasteiger partial charge < -0.3 is 14.8 Å². The van der Waals surface area contributed by atoms with Crippen molar-refractivity contribution in [1.82, 2.24) is 9.62 Å². The lowest BCUT2D eigenvalue weighted by atomic mass is 10.3. The molecule has 0 spiro atoms. The number of amides is 1. The number of nitrogens with one attached hydrogen (secondary N) is 1. The molecule has 0 unspecified atom stereocenters. The third-order valence-electron chi connectivity index (χ3n) is 4.36. The molecule has 1 aliphatic rings. The van der Waals surface area contributed by atoms with Gasteiger partial charge in [-0.25, -0.2) is 17.2 Å². The first kappa shape index (κ1) is 22.6. The molecule has 1 amide bonds. The molecule has 1 fully saturated rings. The van der Waals surface area contributed by atoms with E-state index in [1.165, 1.54) is 10.4 Å². The Balaban J connectivity index is 1.41. The summed E-state index contributed by atoms with van der Waals surface area (Å²) in [5.74, 6) is -1.78. The molecule has 0 radical (unpaired) electrons. The van der Waals surface area contributed by atoms with E-state index >= 15 is 0 Å². The van der Waals surface area contributed by atoms with Gasteiger partial charge >= 0.3 is 0 Å². The fraction of sp³-hybridized carbons (Fsp3) is 0.421. The molecule has 0 bridgehead atoms. The van der Waals surface area contributed by atoms with Gasteiger partial charge in [0.1, 0.15) is 10.0 Å². The van der Waals surface area contributed by atoms with Gasteiger partial charge in [0, 0.05) is 30.5 Å². The minimum absolute atomic E-state index is 0.0654. The summed E-state index contributed by atoms with van der Waals surface area (Å²) in [6.07, 6.45) is 0.511. The Bertz CT molecular complexity index is 975. The van der Waals surface area contributed by atoms with E-state index in [0.717, 1.165) is 28.3 Å². The first-order chi connectivity index (χ1) is 14.4. The highest BCUT2D eigenvalue weighted by atomic mass is 32.2. The number of thiophene rings is 1. The van der Waals surface area contributed by atoms with Crippen molar-refractivity contribution in [3.63, 3.8) is 0 Å². The SMILES string of the molecule is O=C(CCCOc1ccc(F)cc1F)NCc1ccc(S(=O)(=O)N2CCOCC2)s1. The molecule has 7 nitrogen and oxygen atoms in total. The van der Waals surface area contributed by atoms with Crippen LogP contribution in [-0.4, -0.2) is 51.5 Å². The van der Waals surface area contributed by atoms with Gasteiger partial charge in [-0.1, -0.05) is 0 Å². The van der Waals surface area contributed by atoms with Crippen LogP contribution in [0.3, 0.4) is 0 Å². The zero-order valence-corrected chi connectivity index (χ0v) is 17.7. The normalized spacial score (nSPS) is 15.1. The molecule has 1 aromatic heterocycles. The smallest absolute Gasteiger partial charge is 0.252 e. The number of morpholine rings is 1. The van der Waals surface area contributed by atoms with Crippen molar-refractivity contribution in [1.29, 1.82) is 0 Å². The minimum atomic E-state index is -3.54. The molecule has 0 saturated carbocycles. The van der Waals surface area contributed by atoms with E-state index in [-0.39, 0.29) is 35.4 Å². The molecule has 30 heavy (non-hydrogen) atoms. The van der Waals surface area contributed by atoms with Crippen LogP contribution >= 0.6 is 11.3 Å². The molecule has 3 rings (SSSR count). The molecule has 164 valence electrons. The average molecular weight is 461 g/mol. The third-order valence-corrected chi connectivity index (χ3v) is 7.81. The van der Waals surface area contributed by atoms with Gasteiger partial charge in [-0.2, -0.15) is 4.31 Å². The first-order valence-corrected chi connectivity index (χ1v) is 11.6. The van der Waals surface area contributed by atoms with Gasteiger partial charge in [-0.15, -0.1) is 11.3 Å². The molecule has 1 aliphatic heterocycles. The van der Waals surface area contributed by atoms with E-state index in [1.807, 2.05) is 0 Å². The maximum absolute atomic E-state index is 13.5. The molecule has 1 N–H and O–H groups in total. The second-order valence-electron chi connectivity index (χ2n) is 6.54. The van der Waals surface area contributed by atoms with Crippen LogP contribution in [0, 0.1) is 11.6 Å². The summed E-state index contributed by atoms with van der Waals surface area (Å²) >= 11 is 1.12. The van der Waals surface area contributed by atoms with Gasteiger partial charge in [-0.3, -0.25) is 4.79 Å². The van der Waals surface area contributed by atoms with Crippen LogP contribution in [-0.2, 0) is 26.1 Å². The number of nitrogens with zero attached hydrogens (tertiary/aromatic N) is 1. The lowest BCUT2D eigenvalue weighted by Gasteiger charge is -2.25. The van der Waals surface area contributed by atoms with Crippen molar-refractivity contribution in [3.8, 4) is 5.75 Å². The number of ether oxygens (including phenoxy) is 2. The number of carbonyl (C=O) groups excluding carboxylic acids is 1. The van der Waals surface area contributed by atoms with Crippen LogP contribution in [0.2, 0.25) is 0 Å². The molecule has 0 atom stereocenters. The van der Waals surface area contributed by atoms with Crippen LogP contribution in [0.1, 0.15) is 17.7 Å².